The molecule has 2 heterocycles. The number of alkyl halides is 3. The molecule has 0 bridgehead atoms. The van der Waals surface area contributed by atoms with E-state index in [1.165, 1.54) is 12.1 Å². The third-order valence-corrected chi connectivity index (χ3v) is 6.07. The number of carbonyl (C=O) groups is 1. The van der Waals surface area contributed by atoms with E-state index in [0.29, 0.717) is 41.7 Å². The van der Waals surface area contributed by atoms with Gasteiger partial charge in [0.15, 0.2) is 5.82 Å². The summed E-state index contributed by atoms with van der Waals surface area (Å²) < 4.78 is 49.2. The largest absolute Gasteiger partial charge is 0.490 e. The molecule has 1 aliphatic heterocycles. The maximum absolute atomic E-state index is 12.7. The summed E-state index contributed by atoms with van der Waals surface area (Å²) in [5.41, 5.74) is 0.513. The van der Waals surface area contributed by atoms with Gasteiger partial charge in [-0.1, -0.05) is 14.9 Å². The van der Waals surface area contributed by atoms with Crippen molar-refractivity contribution in [2.75, 3.05) is 29.7 Å². The monoisotopic (exact) mass is 565 g/mol. The fourth-order valence-corrected chi connectivity index (χ4v) is 4.06. The number of fused-ring (bicyclic) bond motifs is 1. The fraction of sp³-hybridized carbons (Fsp3) is 0.542. The smallest absolute Gasteiger partial charge is 0.416 e. The molecule has 1 aromatic carbocycles. The molecule has 4 rings (SSSR count). The minimum absolute atomic E-state index is 0. The topological polar surface area (TPSA) is 88.6 Å². The number of amides is 1. The lowest BCUT2D eigenvalue weighted by molar-refractivity contribution is -0.137. The molecule has 2 aliphatic rings. The fourth-order valence-electron chi connectivity index (χ4n) is 4.06. The first kappa shape index (κ1) is 34.6. The molecule has 0 radical (unpaired) electrons. The summed E-state index contributed by atoms with van der Waals surface area (Å²) in [4.78, 5) is 23.4. The third kappa shape index (κ3) is 7.35. The maximum atomic E-state index is 12.7. The van der Waals surface area contributed by atoms with Gasteiger partial charge < -0.3 is 25.0 Å². The van der Waals surface area contributed by atoms with E-state index >= 15 is 0 Å². The SMILES string of the molecule is C.C.CO[C@@H](C)[C@H]1C(=O)Nc2c(C)nc(NC3CC(Oc4ccc(C(F)(F)F)cc4)C3)nc2N1C.S.S. The molecule has 2 atom stereocenters. The van der Waals surface area contributed by atoms with Gasteiger partial charge in [-0.2, -0.15) is 45.1 Å². The van der Waals surface area contributed by atoms with Gasteiger partial charge in [-0.05, 0) is 38.1 Å². The average molecular weight is 566 g/mol. The zero-order valence-electron chi connectivity index (χ0n) is 19.7. The molecule has 0 unspecified atom stereocenters. The molecular formula is C24H38F3N5O3S2. The van der Waals surface area contributed by atoms with Gasteiger partial charge in [0, 0.05) is 33.0 Å². The van der Waals surface area contributed by atoms with Crippen molar-refractivity contribution >= 4 is 50.4 Å². The van der Waals surface area contributed by atoms with Crippen LogP contribution in [0.5, 0.6) is 5.75 Å². The highest BCUT2D eigenvalue weighted by atomic mass is 32.1. The van der Waals surface area contributed by atoms with Crippen LogP contribution in [0.3, 0.4) is 0 Å². The zero-order chi connectivity index (χ0) is 23.9. The van der Waals surface area contributed by atoms with Crippen molar-refractivity contribution in [3.8, 4) is 5.75 Å². The van der Waals surface area contributed by atoms with Crippen LogP contribution in [0.15, 0.2) is 24.3 Å². The van der Waals surface area contributed by atoms with Crippen LogP contribution in [-0.4, -0.2) is 54.3 Å². The van der Waals surface area contributed by atoms with Crippen molar-refractivity contribution < 1.29 is 27.4 Å². The van der Waals surface area contributed by atoms with Crippen LogP contribution in [0.4, 0.5) is 30.6 Å². The lowest BCUT2D eigenvalue weighted by Crippen LogP contribution is -2.53. The minimum atomic E-state index is -4.37. The Morgan fingerprint density at radius 3 is 2.27 bits per heavy atom. The predicted octanol–water partition coefficient (Wildman–Crippen LogP) is 5.12. The second-order valence-corrected chi connectivity index (χ2v) is 8.39. The van der Waals surface area contributed by atoms with E-state index in [0.717, 1.165) is 12.1 Å². The summed E-state index contributed by atoms with van der Waals surface area (Å²) >= 11 is 0. The number of nitrogens with zero attached hydrogens (tertiary/aromatic N) is 3. The maximum Gasteiger partial charge on any atom is 0.416 e. The van der Waals surface area contributed by atoms with Gasteiger partial charge >= 0.3 is 6.18 Å². The number of carbonyl (C=O) groups excluding carboxylic acids is 1. The van der Waals surface area contributed by atoms with E-state index in [1.807, 2.05) is 6.92 Å². The number of aromatic nitrogens is 2. The number of aryl methyl sites for hydroxylation is 1. The Bertz CT molecular complexity index is 1040. The van der Waals surface area contributed by atoms with Crippen LogP contribution in [0, 0.1) is 6.92 Å². The number of methoxy groups -OCH3 is 1. The van der Waals surface area contributed by atoms with E-state index < -0.39 is 17.8 Å². The summed E-state index contributed by atoms with van der Waals surface area (Å²) in [6, 6.07) is 4.25. The van der Waals surface area contributed by atoms with E-state index in [2.05, 4.69) is 20.6 Å². The van der Waals surface area contributed by atoms with Crippen LogP contribution < -0.4 is 20.3 Å². The number of halogens is 3. The van der Waals surface area contributed by atoms with Gasteiger partial charge in [0.05, 0.1) is 17.4 Å². The Hall–Kier alpha value is -2.38. The van der Waals surface area contributed by atoms with Crippen LogP contribution in [0.25, 0.3) is 0 Å². The number of likely N-dealkylation sites (N-methyl/N-ethyl adjacent to an activating group) is 1. The number of hydrogen-bond acceptors (Lipinski definition) is 7. The molecule has 1 fully saturated rings. The second kappa shape index (κ2) is 13.4. The Morgan fingerprint density at radius 1 is 1.14 bits per heavy atom. The van der Waals surface area contributed by atoms with Crippen LogP contribution >= 0.6 is 27.0 Å². The molecule has 1 saturated carbocycles. The third-order valence-electron chi connectivity index (χ3n) is 6.07. The van der Waals surface area contributed by atoms with Crippen LogP contribution in [0.1, 0.15) is 45.9 Å². The van der Waals surface area contributed by atoms with Gasteiger partial charge in [-0.15, -0.1) is 0 Å². The van der Waals surface area contributed by atoms with E-state index in [9.17, 15) is 18.0 Å². The molecule has 210 valence electrons. The number of nitrogens with one attached hydrogen (secondary N) is 2. The average Bonchev–Trinajstić information content (AvgIpc) is 2.72. The Kier molecular flexibility index (Phi) is 12.6. The Morgan fingerprint density at radius 2 is 1.73 bits per heavy atom. The van der Waals surface area contributed by atoms with E-state index in [1.54, 1.807) is 26.0 Å². The highest BCUT2D eigenvalue weighted by Crippen LogP contribution is 2.35. The standard InChI is InChI=1S/C22H26F3N5O3.2CH4.2H2S/c1-11-17-19(30(3)18(12(2)32-4)20(31)28-17)29-21(26-11)27-14-9-16(10-14)33-15-7-5-13(6-8-15)22(23,24)25;;;;/h5-8,12,14,16,18H,9-10H2,1-4H3,(H,28,31)(H,26,27,29);2*1H4;2*1H2/t12-,14?,16?,18-;;;;/m0..../s1. The number of hydrogen-bond donors (Lipinski definition) is 2. The minimum Gasteiger partial charge on any atom is -0.490 e. The molecule has 0 saturated heterocycles. The summed E-state index contributed by atoms with van der Waals surface area (Å²) in [5.74, 6) is 1.28. The molecule has 1 aromatic heterocycles. The normalized spacial score (nSPS) is 20.8. The first-order chi connectivity index (χ1) is 15.6. The Balaban J connectivity index is 0.00000324. The molecule has 37 heavy (non-hydrogen) atoms. The quantitative estimate of drug-likeness (QED) is 0.503. The summed E-state index contributed by atoms with van der Waals surface area (Å²) in [5, 5.41) is 6.16. The highest BCUT2D eigenvalue weighted by molar-refractivity contribution is 7.59. The zero-order valence-corrected chi connectivity index (χ0v) is 21.7. The molecule has 8 nitrogen and oxygen atoms in total. The first-order valence-electron chi connectivity index (χ1n) is 10.6. The predicted molar refractivity (Wildman–Crippen MR) is 151 cm³/mol. The van der Waals surface area contributed by atoms with Gasteiger partial charge in [-0.25, -0.2) is 4.98 Å². The summed E-state index contributed by atoms with van der Waals surface area (Å²) in [7, 11) is 3.35. The van der Waals surface area contributed by atoms with Crippen LogP contribution in [-0.2, 0) is 15.7 Å². The summed E-state index contributed by atoms with van der Waals surface area (Å²) in [6.45, 7) is 3.63. The van der Waals surface area contributed by atoms with Crippen molar-refractivity contribution in [3.05, 3.63) is 35.5 Å². The van der Waals surface area contributed by atoms with Crippen molar-refractivity contribution in [2.45, 2.75) is 72.0 Å². The number of rotatable bonds is 6. The molecule has 1 aliphatic carbocycles. The number of anilines is 3. The lowest BCUT2D eigenvalue weighted by Gasteiger charge is -2.38. The van der Waals surface area contributed by atoms with Crippen molar-refractivity contribution in [1.29, 1.82) is 0 Å². The molecule has 13 heteroatoms. The molecule has 2 N–H and O–H groups in total. The van der Waals surface area contributed by atoms with Crippen molar-refractivity contribution in [3.63, 3.8) is 0 Å². The Labute approximate surface area is 230 Å². The number of ether oxygens (including phenoxy) is 2. The lowest BCUT2D eigenvalue weighted by atomic mass is 9.89. The first-order valence-corrected chi connectivity index (χ1v) is 10.6. The van der Waals surface area contributed by atoms with E-state index in [-0.39, 0.29) is 66.0 Å². The highest BCUT2D eigenvalue weighted by Gasteiger charge is 2.38. The van der Waals surface area contributed by atoms with Crippen LogP contribution in [0.2, 0.25) is 0 Å². The second-order valence-electron chi connectivity index (χ2n) is 8.39. The molecular weight excluding hydrogens is 527 g/mol. The molecule has 1 amide bonds. The van der Waals surface area contributed by atoms with Gasteiger partial charge in [0.2, 0.25) is 11.9 Å². The van der Waals surface area contributed by atoms with Crippen molar-refractivity contribution in [2.24, 2.45) is 0 Å². The van der Waals surface area contributed by atoms with Gasteiger partial charge in [-0.3, -0.25) is 4.79 Å². The number of benzene rings is 1. The van der Waals surface area contributed by atoms with Gasteiger partial charge in [0.1, 0.15) is 23.6 Å². The molecule has 2 aromatic rings. The van der Waals surface area contributed by atoms with Crippen molar-refractivity contribution in [1.82, 2.24) is 9.97 Å². The van der Waals surface area contributed by atoms with Gasteiger partial charge in [0.25, 0.3) is 0 Å². The summed E-state index contributed by atoms with van der Waals surface area (Å²) in [6.07, 6.45) is -3.47. The molecule has 0 spiro atoms. The van der Waals surface area contributed by atoms with E-state index in [4.69, 9.17) is 9.47 Å².